The van der Waals surface area contributed by atoms with E-state index in [9.17, 15) is 0 Å². The summed E-state index contributed by atoms with van der Waals surface area (Å²) in [6.45, 7) is 2.20. The zero-order valence-electron chi connectivity index (χ0n) is 8.31. The zero-order chi connectivity index (χ0) is 9.97. The van der Waals surface area contributed by atoms with Crippen molar-refractivity contribution in [3.8, 4) is 5.75 Å². The molecule has 0 saturated carbocycles. The normalized spacial score (nSPS) is 25.3. The van der Waals surface area contributed by atoms with Gasteiger partial charge in [0.1, 0.15) is 5.75 Å². The first-order valence-corrected chi connectivity index (χ1v) is 5.56. The topological polar surface area (TPSA) is 21.6 Å². The molecule has 1 aliphatic rings. The Balaban J connectivity index is 2.20. The predicted octanol–water partition coefficient (Wildman–Crippen LogP) is 2.90. The van der Waals surface area contributed by atoms with E-state index in [1.165, 1.54) is 5.56 Å². The van der Waals surface area contributed by atoms with Crippen LogP contribution in [0, 0.1) is 0 Å². The Labute approximate surface area is 88.4 Å². The second kappa shape index (κ2) is 4.05. The van der Waals surface area contributed by atoms with E-state index in [0.717, 1.165) is 5.75 Å². The number of thioether (sulfide) groups is 1. The van der Waals surface area contributed by atoms with Crippen LogP contribution in [0.3, 0.4) is 0 Å². The standard InChI is InChI=1S/C11H13NOS/c1-8-11(12-7-14-8)9-3-5-10(13-2)6-4-9/h3-8,11H,1-2H3. The molecule has 0 aromatic heterocycles. The van der Waals surface area contributed by atoms with Crippen LogP contribution >= 0.6 is 11.8 Å². The van der Waals surface area contributed by atoms with Crippen LogP contribution in [0.25, 0.3) is 0 Å². The number of rotatable bonds is 2. The maximum Gasteiger partial charge on any atom is 0.118 e. The van der Waals surface area contributed by atoms with Gasteiger partial charge in [-0.1, -0.05) is 19.1 Å². The SMILES string of the molecule is COc1ccc(C2N=CSC2C)cc1. The van der Waals surface area contributed by atoms with Gasteiger partial charge in [0.25, 0.3) is 0 Å². The van der Waals surface area contributed by atoms with Crippen molar-refractivity contribution in [3.63, 3.8) is 0 Å². The van der Waals surface area contributed by atoms with Gasteiger partial charge in [-0.3, -0.25) is 4.99 Å². The van der Waals surface area contributed by atoms with Crippen LogP contribution in [-0.2, 0) is 0 Å². The minimum absolute atomic E-state index is 0.311. The average Bonchev–Trinajstić information content (AvgIpc) is 2.65. The second-order valence-electron chi connectivity index (χ2n) is 3.31. The van der Waals surface area contributed by atoms with Crippen molar-refractivity contribution in [2.24, 2.45) is 4.99 Å². The van der Waals surface area contributed by atoms with Crippen LogP contribution in [-0.4, -0.2) is 17.9 Å². The maximum atomic E-state index is 5.12. The van der Waals surface area contributed by atoms with Gasteiger partial charge in [0.05, 0.1) is 18.7 Å². The number of aliphatic imine (C=N–C) groups is 1. The molecule has 0 spiro atoms. The highest BCUT2D eigenvalue weighted by atomic mass is 32.2. The number of benzene rings is 1. The monoisotopic (exact) mass is 207 g/mol. The Kier molecular flexibility index (Phi) is 2.77. The molecule has 0 radical (unpaired) electrons. The summed E-state index contributed by atoms with van der Waals surface area (Å²) in [5.74, 6) is 0.899. The van der Waals surface area contributed by atoms with E-state index in [4.69, 9.17) is 4.74 Å². The summed E-state index contributed by atoms with van der Waals surface area (Å²) in [5.41, 5.74) is 3.21. The van der Waals surface area contributed by atoms with Gasteiger partial charge >= 0.3 is 0 Å². The average molecular weight is 207 g/mol. The van der Waals surface area contributed by atoms with Crippen molar-refractivity contribution in [2.45, 2.75) is 18.2 Å². The summed E-state index contributed by atoms with van der Waals surface area (Å²) < 4.78 is 5.12. The Bertz CT molecular complexity index is 334. The third-order valence-electron chi connectivity index (χ3n) is 2.40. The van der Waals surface area contributed by atoms with E-state index in [1.807, 2.05) is 17.7 Å². The molecule has 0 amide bonds. The molecule has 2 atom stereocenters. The largest absolute Gasteiger partial charge is 0.497 e. The molecule has 74 valence electrons. The van der Waals surface area contributed by atoms with Crippen LogP contribution in [0.2, 0.25) is 0 Å². The Hall–Kier alpha value is -0.960. The van der Waals surface area contributed by atoms with Gasteiger partial charge in [-0.25, -0.2) is 0 Å². The molecule has 1 aliphatic heterocycles. The van der Waals surface area contributed by atoms with E-state index in [2.05, 4.69) is 24.0 Å². The molecular weight excluding hydrogens is 194 g/mol. The number of methoxy groups -OCH3 is 1. The van der Waals surface area contributed by atoms with E-state index in [0.29, 0.717) is 11.3 Å². The van der Waals surface area contributed by atoms with E-state index in [-0.39, 0.29) is 0 Å². The minimum Gasteiger partial charge on any atom is -0.497 e. The van der Waals surface area contributed by atoms with Crippen molar-refractivity contribution in [2.75, 3.05) is 7.11 Å². The number of ether oxygens (including phenoxy) is 1. The van der Waals surface area contributed by atoms with Crippen molar-refractivity contribution in [3.05, 3.63) is 29.8 Å². The van der Waals surface area contributed by atoms with Gasteiger partial charge in [-0.15, -0.1) is 11.8 Å². The van der Waals surface area contributed by atoms with E-state index in [1.54, 1.807) is 18.9 Å². The lowest BCUT2D eigenvalue weighted by Gasteiger charge is -2.12. The van der Waals surface area contributed by atoms with Crippen LogP contribution < -0.4 is 4.74 Å². The third kappa shape index (κ3) is 1.77. The molecule has 2 nitrogen and oxygen atoms in total. The van der Waals surface area contributed by atoms with E-state index >= 15 is 0 Å². The molecule has 1 heterocycles. The second-order valence-corrected chi connectivity index (χ2v) is 4.54. The summed E-state index contributed by atoms with van der Waals surface area (Å²) in [7, 11) is 1.68. The highest BCUT2D eigenvalue weighted by Crippen LogP contribution is 2.34. The van der Waals surface area contributed by atoms with Gasteiger partial charge < -0.3 is 4.74 Å². The Morgan fingerprint density at radius 1 is 1.29 bits per heavy atom. The molecule has 0 saturated heterocycles. The molecule has 0 aliphatic carbocycles. The lowest BCUT2D eigenvalue weighted by molar-refractivity contribution is 0.414. The van der Waals surface area contributed by atoms with Gasteiger partial charge in [-0.2, -0.15) is 0 Å². The molecule has 1 aromatic carbocycles. The third-order valence-corrected chi connectivity index (χ3v) is 3.33. The minimum atomic E-state index is 0.311. The molecule has 14 heavy (non-hydrogen) atoms. The molecule has 2 rings (SSSR count). The van der Waals surface area contributed by atoms with Crippen molar-refractivity contribution in [1.29, 1.82) is 0 Å². The smallest absolute Gasteiger partial charge is 0.118 e. The quantitative estimate of drug-likeness (QED) is 0.743. The van der Waals surface area contributed by atoms with Gasteiger partial charge in [0, 0.05) is 5.25 Å². The van der Waals surface area contributed by atoms with Gasteiger partial charge in [0.2, 0.25) is 0 Å². The van der Waals surface area contributed by atoms with Crippen LogP contribution in [0.1, 0.15) is 18.5 Å². The van der Waals surface area contributed by atoms with Crippen LogP contribution in [0.15, 0.2) is 29.3 Å². The van der Waals surface area contributed by atoms with Crippen LogP contribution in [0.4, 0.5) is 0 Å². The Morgan fingerprint density at radius 3 is 2.50 bits per heavy atom. The first kappa shape index (κ1) is 9.59. The summed E-state index contributed by atoms with van der Waals surface area (Å²) in [6.07, 6.45) is 0. The fraction of sp³-hybridized carbons (Fsp3) is 0.364. The molecule has 0 N–H and O–H groups in total. The predicted molar refractivity (Wildman–Crippen MR) is 61.3 cm³/mol. The Morgan fingerprint density at radius 2 is 2.00 bits per heavy atom. The fourth-order valence-electron chi connectivity index (χ4n) is 1.55. The first-order chi connectivity index (χ1) is 6.81. The van der Waals surface area contributed by atoms with E-state index < -0.39 is 0 Å². The van der Waals surface area contributed by atoms with Gasteiger partial charge in [-0.05, 0) is 17.7 Å². The van der Waals surface area contributed by atoms with Crippen molar-refractivity contribution < 1.29 is 4.74 Å². The first-order valence-electron chi connectivity index (χ1n) is 4.62. The molecule has 1 aromatic rings. The molecular formula is C11H13NOS. The highest BCUT2D eigenvalue weighted by Gasteiger charge is 2.21. The zero-order valence-corrected chi connectivity index (χ0v) is 9.12. The van der Waals surface area contributed by atoms with Crippen molar-refractivity contribution >= 4 is 17.3 Å². The van der Waals surface area contributed by atoms with Gasteiger partial charge in [0.15, 0.2) is 0 Å². The number of hydrogen-bond acceptors (Lipinski definition) is 3. The molecule has 2 unspecified atom stereocenters. The summed E-state index contributed by atoms with van der Waals surface area (Å²) in [6, 6.07) is 8.46. The fourth-order valence-corrected chi connectivity index (χ4v) is 2.32. The highest BCUT2D eigenvalue weighted by molar-refractivity contribution is 8.12. The lowest BCUT2D eigenvalue weighted by Crippen LogP contribution is -2.04. The molecule has 3 heteroatoms. The lowest BCUT2D eigenvalue weighted by atomic mass is 10.1. The number of nitrogens with zero attached hydrogens (tertiary/aromatic N) is 1. The molecule has 0 bridgehead atoms. The molecule has 0 fully saturated rings. The maximum absolute atomic E-state index is 5.12. The number of hydrogen-bond donors (Lipinski definition) is 0. The summed E-state index contributed by atoms with van der Waals surface area (Å²) >= 11 is 1.79. The summed E-state index contributed by atoms with van der Waals surface area (Å²) in [4.78, 5) is 4.44. The summed E-state index contributed by atoms with van der Waals surface area (Å²) in [5, 5.41) is 0.545. The van der Waals surface area contributed by atoms with Crippen molar-refractivity contribution in [1.82, 2.24) is 0 Å². The van der Waals surface area contributed by atoms with Crippen LogP contribution in [0.5, 0.6) is 5.75 Å².